The van der Waals surface area contributed by atoms with Crippen LogP contribution in [0.4, 0.5) is 15.9 Å². The van der Waals surface area contributed by atoms with Gasteiger partial charge < -0.3 is 10.0 Å². The van der Waals surface area contributed by atoms with Crippen molar-refractivity contribution in [2.45, 2.75) is 26.4 Å². The number of anilines is 2. The van der Waals surface area contributed by atoms with Crippen molar-refractivity contribution < 1.29 is 9.50 Å². The molecule has 0 amide bonds. The van der Waals surface area contributed by atoms with Crippen molar-refractivity contribution in [2.24, 2.45) is 0 Å². The number of aromatic nitrogens is 1. The van der Waals surface area contributed by atoms with E-state index in [0.717, 1.165) is 29.8 Å². The molecule has 0 spiro atoms. The summed E-state index contributed by atoms with van der Waals surface area (Å²) in [7, 11) is 1.84. The fraction of sp³-hybridized carbons (Fsp3) is 0.312. The van der Waals surface area contributed by atoms with E-state index in [9.17, 15) is 9.50 Å². The molecular weight excluding hydrogens is 255 g/mol. The smallest absolute Gasteiger partial charge is 0.133 e. The molecule has 0 unspecified atom stereocenters. The number of pyridine rings is 1. The molecule has 0 fully saturated rings. The summed E-state index contributed by atoms with van der Waals surface area (Å²) < 4.78 is 13.3. The Balaban J connectivity index is 2.37. The maximum absolute atomic E-state index is 13.3. The third-order valence-corrected chi connectivity index (χ3v) is 3.15. The molecule has 0 atom stereocenters. The number of halogens is 1. The largest absolute Gasteiger partial charge is 0.392 e. The molecule has 1 aromatic carbocycles. The molecule has 2 rings (SSSR count). The standard InChI is InChI=1S/C16H19FN2O/c1-3-5-14-8-12(11-20)9-16(18-14)19(2)15-7-4-6-13(17)10-15/h4,6-10,20H,3,5,11H2,1-2H3. The van der Waals surface area contributed by atoms with E-state index in [1.165, 1.54) is 12.1 Å². The molecular formula is C16H19FN2O. The van der Waals surface area contributed by atoms with Gasteiger partial charge in [0.2, 0.25) is 0 Å². The van der Waals surface area contributed by atoms with Gasteiger partial charge in [0.1, 0.15) is 11.6 Å². The van der Waals surface area contributed by atoms with Gasteiger partial charge in [0, 0.05) is 18.4 Å². The van der Waals surface area contributed by atoms with Crippen molar-refractivity contribution in [1.29, 1.82) is 0 Å². The van der Waals surface area contributed by atoms with Crippen molar-refractivity contribution >= 4 is 11.5 Å². The second-order valence-corrected chi connectivity index (χ2v) is 4.77. The van der Waals surface area contributed by atoms with E-state index in [0.29, 0.717) is 5.82 Å². The lowest BCUT2D eigenvalue weighted by Gasteiger charge is -2.20. The average Bonchev–Trinajstić information content (AvgIpc) is 2.46. The number of nitrogens with zero attached hydrogens (tertiary/aromatic N) is 2. The first-order valence-electron chi connectivity index (χ1n) is 6.74. The lowest BCUT2D eigenvalue weighted by molar-refractivity contribution is 0.281. The Morgan fingerprint density at radius 3 is 2.70 bits per heavy atom. The van der Waals surface area contributed by atoms with Gasteiger partial charge in [0.05, 0.1) is 6.61 Å². The van der Waals surface area contributed by atoms with Crippen molar-refractivity contribution in [2.75, 3.05) is 11.9 Å². The summed E-state index contributed by atoms with van der Waals surface area (Å²) in [4.78, 5) is 6.39. The van der Waals surface area contributed by atoms with Crippen LogP contribution in [0.1, 0.15) is 24.6 Å². The zero-order chi connectivity index (χ0) is 14.5. The average molecular weight is 274 g/mol. The molecule has 4 heteroatoms. The van der Waals surface area contributed by atoms with Gasteiger partial charge in [-0.25, -0.2) is 9.37 Å². The molecule has 3 nitrogen and oxygen atoms in total. The quantitative estimate of drug-likeness (QED) is 0.907. The SMILES string of the molecule is CCCc1cc(CO)cc(N(C)c2cccc(F)c2)n1. The highest BCUT2D eigenvalue weighted by Gasteiger charge is 2.09. The predicted octanol–water partition coefficient (Wildman–Crippen LogP) is 3.43. The van der Waals surface area contributed by atoms with Crippen LogP contribution in [-0.4, -0.2) is 17.1 Å². The van der Waals surface area contributed by atoms with E-state index in [1.54, 1.807) is 6.07 Å². The van der Waals surface area contributed by atoms with Gasteiger partial charge in [-0.1, -0.05) is 19.4 Å². The minimum Gasteiger partial charge on any atom is -0.392 e. The topological polar surface area (TPSA) is 36.4 Å². The molecule has 0 aliphatic rings. The molecule has 0 aliphatic heterocycles. The minimum absolute atomic E-state index is 0.0246. The first-order valence-corrected chi connectivity index (χ1v) is 6.74. The summed E-state index contributed by atoms with van der Waals surface area (Å²) in [6, 6.07) is 10.1. The molecule has 0 radical (unpaired) electrons. The highest BCUT2D eigenvalue weighted by atomic mass is 19.1. The molecule has 1 N–H and O–H groups in total. The summed E-state index contributed by atoms with van der Waals surface area (Å²) in [6.07, 6.45) is 1.85. The first-order chi connectivity index (χ1) is 9.63. The van der Waals surface area contributed by atoms with E-state index in [1.807, 2.05) is 30.1 Å². The van der Waals surface area contributed by atoms with Crippen LogP contribution >= 0.6 is 0 Å². The number of aryl methyl sites for hydroxylation is 1. The molecule has 2 aromatic rings. The normalized spacial score (nSPS) is 10.6. The van der Waals surface area contributed by atoms with Crippen LogP contribution in [0.3, 0.4) is 0 Å². The van der Waals surface area contributed by atoms with Crippen molar-refractivity contribution in [3.63, 3.8) is 0 Å². The van der Waals surface area contributed by atoms with E-state index < -0.39 is 0 Å². The summed E-state index contributed by atoms with van der Waals surface area (Å²) in [5, 5.41) is 9.34. The summed E-state index contributed by atoms with van der Waals surface area (Å²) in [6.45, 7) is 2.06. The predicted molar refractivity (Wildman–Crippen MR) is 78.6 cm³/mol. The highest BCUT2D eigenvalue weighted by molar-refractivity contribution is 5.59. The fourth-order valence-electron chi connectivity index (χ4n) is 2.10. The monoisotopic (exact) mass is 274 g/mol. The van der Waals surface area contributed by atoms with Gasteiger partial charge in [-0.15, -0.1) is 0 Å². The zero-order valence-electron chi connectivity index (χ0n) is 11.8. The number of hydrogen-bond donors (Lipinski definition) is 1. The maximum atomic E-state index is 13.3. The number of rotatable bonds is 5. The third kappa shape index (κ3) is 3.33. The summed E-state index contributed by atoms with van der Waals surface area (Å²) in [5.74, 6) is 0.437. The summed E-state index contributed by atoms with van der Waals surface area (Å²) in [5.41, 5.74) is 2.49. The lowest BCUT2D eigenvalue weighted by atomic mass is 10.1. The van der Waals surface area contributed by atoms with Gasteiger partial charge in [0.15, 0.2) is 0 Å². The van der Waals surface area contributed by atoms with Gasteiger partial charge in [-0.3, -0.25) is 0 Å². The number of aliphatic hydroxyl groups excluding tert-OH is 1. The second kappa shape index (κ2) is 6.48. The molecule has 20 heavy (non-hydrogen) atoms. The van der Waals surface area contributed by atoms with Crippen LogP contribution in [0.25, 0.3) is 0 Å². The molecule has 1 heterocycles. The van der Waals surface area contributed by atoms with Gasteiger partial charge in [0.25, 0.3) is 0 Å². The van der Waals surface area contributed by atoms with Crippen LogP contribution in [-0.2, 0) is 13.0 Å². The van der Waals surface area contributed by atoms with Gasteiger partial charge >= 0.3 is 0 Å². The molecule has 1 aromatic heterocycles. The Bertz CT molecular complexity index is 586. The van der Waals surface area contributed by atoms with Crippen molar-refractivity contribution in [3.05, 3.63) is 53.5 Å². The van der Waals surface area contributed by atoms with Crippen molar-refractivity contribution in [3.8, 4) is 0 Å². The maximum Gasteiger partial charge on any atom is 0.133 e. The molecule has 0 saturated carbocycles. The Kier molecular flexibility index (Phi) is 4.69. The lowest BCUT2D eigenvalue weighted by Crippen LogP contribution is -2.13. The van der Waals surface area contributed by atoms with Crippen LogP contribution in [0.5, 0.6) is 0 Å². The van der Waals surface area contributed by atoms with E-state index in [4.69, 9.17) is 0 Å². The van der Waals surface area contributed by atoms with Crippen LogP contribution in [0.15, 0.2) is 36.4 Å². The minimum atomic E-state index is -0.276. The van der Waals surface area contributed by atoms with Crippen LogP contribution in [0, 0.1) is 5.82 Å². The summed E-state index contributed by atoms with van der Waals surface area (Å²) >= 11 is 0. The number of aliphatic hydroxyl groups is 1. The Hall–Kier alpha value is -1.94. The molecule has 0 aliphatic carbocycles. The Labute approximate surface area is 118 Å². The molecule has 0 saturated heterocycles. The van der Waals surface area contributed by atoms with E-state index >= 15 is 0 Å². The highest BCUT2D eigenvalue weighted by Crippen LogP contribution is 2.24. The van der Waals surface area contributed by atoms with Crippen LogP contribution < -0.4 is 4.90 Å². The van der Waals surface area contributed by atoms with Gasteiger partial charge in [-0.2, -0.15) is 0 Å². The van der Waals surface area contributed by atoms with Crippen molar-refractivity contribution in [1.82, 2.24) is 4.98 Å². The van der Waals surface area contributed by atoms with E-state index in [-0.39, 0.29) is 12.4 Å². The number of benzene rings is 1. The number of hydrogen-bond acceptors (Lipinski definition) is 3. The van der Waals surface area contributed by atoms with E-state index in [2.05, 4.69) is 11.9 Å². The molecule has 0 bridgehead atoms. The van der Waals surface area contributed by atoms with Crippen LogP contribution in [0.2, 0.25) is 0 Å². The third-order valence-electron chi connectivity index (χ3n) is 3.15. The van der Waals surface area contributed by atoms with Gasteiger partial charge in [-0.05, 0) is 42.3 Å². The first kappa shape index (κ1) is 14.5. The second-order valence-electron chi connectivity index (χ2n) is 4.77. The fourth-order valence-corrected chi connectivity index (χ4v) is 2.10. The Morgan fingerprint density at radius 2 is 2.05 bits per heavy atom. The Morgan fingerprint density at radius 1 is 1.25 bits per heavy atom. The zero-order valence-corrected chi connectivity index (χ0v) is 11.8. The molecule has 106 valence electrons.